The van der Waals surface area contributed by atoms with Gasteiger partial charge in [0.15, 0.2) is 0 Å². The highest BCUT2D eigenvalue weighted by Gasteiger charge is 2.26. The molecule has 0 saturated heterocycles. The van der Waals surface area contributed by atoms with Gasteiger partial charge in [0.2, 0.25) is 0 Å². The van der Waals surface area contributed by atoms with E-state index in [1.165, 1.54) is 0 Å². The Kier molecular flexibility index (Phi) is 7.97. The summed E-state index contributed by atoms with van der Waals surface area (Å²) in [6.45, 7) is 8.03. The number of carbonyl (C=O) groups excluding carboxylic acids is 2. The van der Waals surface area contributed by atoms with Crippen LogP contribution in [0, 0.1) is 13.8 Å². The number of amides is 2. The number of nitrogens with one attached hydrogen (secondary N) is 2. The van der Waals surface area contributed by atoms with Crippen LogP contribution in [0.15, 0.2) is 84.9 Å². The molecule has 2 amide bonds. The predicted molar refractivity (Wildman–Crippen MR) is 179 cm³/mol. The second-order valence-electron chi connectivity index (χ2n) is 11.6. The maximum absolute atomic E-state index is 13.8. The van der Waals surface area contributed by atoms with Gasteiger partial charge in [-0.3, -0.25) is 14.5 Å². The van der Waals surface area contributed by atoms with Crippen LogP contribution in [0.4, 0.5) is 0 Å². The molecule has 0 aliphatic heterocycles. The molecule has 2 atom stereocenters. The molecular formula is C37H37N5O2. The molecule has 0 spiro atoms. The summed E-state index contributed by atoms with van der Waals surface area (Å²) in [5.41, 5.74) is 6.12. The quantitative estimate of drug-likeness (QED) is 0.145. The van der Waals surface area contributed by atoms with Crippen molar-refractivity contribution in [2.75, 3.05) is 7.05 Å². The molecule has 2 unspecified atom stereocenters. The van der Waals surface area contributed by atoms with Gasteiger partial charge in [0.05, 0.1) is 45.5 Å². The Bertz CT molecular complexity index is 1910. The van der Waals surface area contributed by atoms with Gasteiger partial charge in [0.1, 0.15) is 0 Å². The molecular weight excluding hydrogens is 546 g/mol. The zero-order chi connectivity index (χ0) is 31.0. The van der Waals surface area contributed by atoms with Crippen LogP contribution < -0.4 is 10.6 Å². The first-order chi connectivity index (χ1) is 21.2. The predicted octanol–water partition coefficient (Wildman–Crippen LogP) is 7.27. The van der Waals surface area contributed by atoms with Crippen molar-refractivity contribution in [2.24, 2.45) is 0 Å². The number of hydrogen-bond acceptors (Lipinski definition) is 5. The van der Waals surface area contributed by atoms with Crippen molar-refractivity contribution in [1.82, 2.24) is 25.5 Å². The zero-order valence-corrected chi connectivity index (χ0v) is 25.8. The summed E-state index contributed by atoms with van der Waals surface area (Å²) in [4.78, 5) is 39.3. The Morgan fingerprint density at radius 3 is 1.45 bits per heavy atom. The number of nitrogens with zero attached hydrogens (tertiary/aromatic N) is 3. The fourth-order valence-electron chi connectivity index (χ4n) is 6.09. The first-order valence-corrected chi connectivity index (χ1v) is 15.2. The molecule has 4 aromatic carbocycles. The van der Waals surface area contributed by atoms with Gasteiger partial charge >= 0.3 is 0 Å². The van der Waals surface area contributed by atoms with Crippen molar-refractivity contribution in [2.45, 2.75) is 52.9 Å². The average molecular weight is 584 g/mol. The van der Waals surface area contributed by atoms with E-state index in [0.29, 0.717) is 35.0 Å². The molecule has 2 N–H and O–H groups in total. The molecule has 6 aromatic rings. The lowest BCUT2D eigenvalue weighted by atomic mass is 10.0. The zero-order valence-electron chi connectivity index (χ0n) is 25.8. The van der Waals surface area contributed by atoms with Crippen LogP contribution in [0.25, 0.3) is 43.6 Å². The minimum atomic E-state index is -0.319. The summed E-state index contributed by atoms with van der Waals surface area (Å²) in [6.07, 6.45) is 0.658. The van der Waals surface area contributed by atoms with Crippen LogP contribution in [0.5, 0.6) is 0 Å². The van der Waals surface area contributed by atoms with E-state index >= 15 is 0 Å². The Hall–Kier alpha value is -4.88. The molecule has 0 saturated carbocycles. The van der Waals surface area contributed by atoms with E-state index in [0.717, 1.165) is 43.7 Å². The highest BCUT2D eigenvalue weighted by Crippen LogP contribution is 2.26. The first-order valence-electron chi connectivity index (χ1n) is 15.2. The molecule has 0 aliphatic rings. The largest absolute Gasteiger partial charge is 0.336 e. The Morgan fingerprint density at radius 1 is 0.636 bits per heavy atom. The summed E-state index contributed by atoms with van der Waals surface area (Å²) in [5.74, 6) is -0.385. The van der Waals surface area contributed by atoms with Crippen LogP contribution in [-0.2, 0) is 0 Å². The molecule has 44 heavy (non-hydrogen) atoms. The molecule has 6 rings (SSSR count). The minimum absolute atomic E-state index is 0.192. The SMILES string of the molecule is CCC(NC(=O)c1cc(C)cc2cc3ccccc3nc12)N(C)C(CC)NC(=O)c1cc(C)cc2cc3ccccc3nc12. The van der Waals surface area contributed by atoms with Crippen LogP contribution in [0.1, 0.15) is 58.5 Å². The molecule has 7 heteroatoms. The van der Waals surface area contributed by atoms with Crippen LogP contribution in [0.2, 0.25) is 0 Å². The molecule has 0 radical (unpaired) electrons. The van der Waals surface area contributed by atoms with E-state index in [1.807, 2.05) is 100 Å². The second kappa shape index (κ2) is 12.0. The van der Waals surface area contributed by atoms with Gasteiger partial charge in [0.25, 0.3) is 11.8 Å². The molecule has 2 aromatic heterocycles. The smallest absolute Gasteiger partial charge is 0.254 e. The fraction of sp³-hybridized carbons (Fsp3) is 0.243. The van der Waals surface area contributed by atoms with Crippen LogP contribution in [0.3, 0.4) is 0 Å². The summed E-state index contributed by atoms with van der Waals surface area (Å²) < 4.78 is 0. The van der Waals surface area contributed by atoms with Crippen LogP contribution >= 0.6 is 0 Å². The van der Waals surface area contributed by atoms with E-state index in [9.17, 15) is 9.59 Å². The lowest BCUT2D eigenvalue weighted by molar-refractivity contribution is 0.0701. The summed E-state index contributed by atoms with van der Waals surface area (Å²) in [5, 5.41) is 10.4. The topological polar surface area (TPSA) is 87.2 Å². The summed E-state index contributed by atoms with van der Waals surface area (Å²) in [6, 6.07) is 27.9. The monoisotopic (exact) mass is 583 g/mol. The van der Waals surface area contributed by atoms with Crippen molar-refractivity contribution in [3.8, 4) is 0 Å². The number of aromatic nitrogens is 2. The number of aryl methyl sites for hydroxylation is 2. The van der Waals surface area contributed by atoms with Gasteiger partial charge in [-0.05, 0) is 93.4 Å². The summed E-state index contributed by atoms with van der Waals surface area (Å²) in [7, 11) is 1.93. The van der Waals surface area contributed by atoms with Gasteiger partial charge in [-0.2, -0.15) is 0 Å². The molecule has 0 fully saturated rings. The normalized spacial score (nSPS) is 13.0. The molecule has 2 heterocycles. The van der Waals surface area contributed by atoms with Gasteiger partial charge in [0, 0.05) is 21.5 Å². The van der Waals surface area contributed by atoms with Crippen molar-refractivity contribution in [3.63, 3.8) is 0 Å². The fourth-order valence-corrected chi connectivity index (χ4v) is 6.09. The van der Waals surface area contributed by atoms with E-state index in [1.54, 1.807) is 0 Å². The number of fused-ring (bicyclic) bond motifs is 4. The molecule has 0 bridgehead atoms. The van der Waals surface area contributed by atoms with Crippen molar-refractivity contribution >= 4 is 55.4 Å². The van der Waals surface area contributed by atoms with Crippen LogP contribution in [-0.4, -0.2) is 46.1 Å². The number of carbonyl (C=O) groups is 2. The maximum Gasteiger partial charge on any atom is 0.254 e. The van der Waals surface area contributed by atoms with Gasteiger partial charge in [-0.25, -0.2) is 9.97 Å². The van der Waals surface area contributed by atoms with Crippen molar-refractivity contribution in [1.29, 1.82) is 0 Å². The van der Waals surface area contributed by atoms with E-state index in [-0.39, 0.29) is 24.1 Å². The Labute approximate surface area is 257 Å². The number of para-hydroxylation sites is 2. The number of rotatable bonds is 8. The van der Waals surface area contributed by atoms with E-state index in [2.05, 4.69) is 34.9 Å². The average Bonchev–Trinajstić information content (AvgIpc) is 3.02. The standard InChI is InChI=1S/C37H37N5O2/c1-6-32(40-36(43)28-18-22(3)16-26-20-24-12-8-10-14-30(24)38-34(26)28)42(5)33(7-2)41-37(44)29-19-23(4)17-27-21-25-13-9-11-15-31(25)39-35(27)29/h8-21,32-33H,6-7H2,1-5H3,(H,40,43)(H,41,44). The molecule has 222 valence electrons. The first kappa shape index (κ1) is 29.2. The number of hydrogen-bond donors (Lipinski definition) is 2. The third kappa shape index (κ3) is 5.58. The van der Waals surface area contributed by atoms with Crippen molar-refractivity contribution in [3.05, 3.63) is 107 Å². The lowest BCUT2D eigenvalue weighted by Gasteiger charge is -2.35. The Balaban J connectivity index is 1.26. The minimum Gasteiger partial charge on any atom is -0.336 e. The number of benzene rings is 4. The highest BCUT2D eigenvalue weighted by molar-refractivity contribution is 6.09. The van der Waals surface area contributed by atoms with Gasteiger partial charge in [-0.15, -0.1) is 0 Å². The third-order valence-corrected chi connectivity index (χ3v) is 8.37. The van der Waals surface area contributed by atoms with Crippen molar-refractivity contribution < 1.29 is 9.59 Å². The third-order valence-electron chi connectivity index (χ3n) is 8.37. The van der Waals surface area contributed by atoms with E-state index in [4.69, 9.17) is 9.97 Å². The Morgan fingerprint density at radius 2 is 1.05 bits per heavy atom. The number of pyridine rings is 2. The van der Waals surface area contributed by atoms with Gasteiger partial charge in [-0.1, -0.05) is 50.2 Å². The summed E-state index contributed by atoms with van der Waals surface area (Å²) >= 11 is 0. The molecule has 7 nitrogen and oxygen atoms in total. The maximum atomic E-state index is 13.8. The highest BCUT2D eigenvalue weighted by atomic mass is 16.2. The second-order valence-corrected chi connectivity index (χ2v) is 11.6. The van der Waals surface area contributed by atoms with E-state index < -0.39 is 0 Å². The molecule has 0 aliphatic carbocycles. The lowest BCUT2D eigenvalue weighted by Crippen LogP contribution is -2.55. The van der Waals surface area contributed by atoms with Gasteiger partial charge < -0.3 is 10.6 Å².